The van der Waals surface area contributed by atoms with E-state index in [1.165, 1.54) is 0 Å². The number of hydrogen-bond acceptors (Lipinski definition) is 3. The Morgan fingerprint density at radius 2 is 2.31 bits per heavy atom. The lowest BCUT2D eigenvalue weighted by molar-refractivity contribution is 0.142. The summed E-state index contributed by atoms with van der Waals surface area (Å²) in [5.74, 6) is 0. The molecule has 5 heteroatoms. The number of alkyl halides is 2. The van der Waals surface area contributed by atoms with Crippen LogP contribution in [0.15, 0.2) is 23.7 Å². The molecule has 0 spiro atoms. The molecule has 0 aromatic carbocycles. The van der Waals surface area contributed by atoms with Gasteiger partial charge >= 0.3 is 0 Å². The van der Waals surface area contributed by atoms with Crippen LogP contribution in [-0.4, -0.2) is 18.0 Å². The van der Waals surface area contributed by atoms with Crippen LogP contribution in [0, 0.1) is 0 Å². The zero-order chi connectivity index (χ0) is 11.5. The molecule has 0 amide bonds. The molecular formula is C11H12F2N2S. The van der Waals surface area contributed by atoms with Crippen molar-refractivity contribution >= 4 is 21.6 Å². The molecule has 1 unspecified atom stereocenters. The molecule has 0 bridgehead atoms. The Morgan fingerprint density at radius 1 is 1.50 bits per heavy atom. The minimum atomic E-state index is -2.32. The number of nitrogens with zero attached hydrogens (tertiary/aromatic N) is 1. The van der Waals surface area contributed by atoms with E-state index < -0.39 is 6.43 Å². The molecule has 0 fully saturated rings. The highest BCUT2D eigenvalue weighted by Crippen LogP contribution is 2.22. The summed E-state index contributed by atoms with van der Waals surface area (Å²) in [5.41, 5.74) is 1.89. The van der Waals surface area contributed by atoms with Gasteiger partial charge in [-0.2, -0.15) is 0 Å². The Labute approximate surface area is 96.3 Å². The smallest absolute Gasteiger partial charge is 0.250 e. The molecule has 0 aliphatic heterocycles. The molecule has 86 valence electrons. The second kappa shape index (κ2) is 4.84. The van der Waals surface area contributed by atoms with Gasteiger partial charge in [-0.1, -0.05) is 0 Å². The first-order chi connectivity index (χ1) is 7.66. The summed E-state index contributed by atoms with van der Waals surface area (Å²) in [5, 5.41) is 4.74. The lowest BCUT2D eigenvalue weighted by Gasteiger charge is -2.13. The van der Waals surface area contributed by atoms with Crippen molar-refractivity contribution in [2.45, 2.75) is 19.4 Å². The lowest BCUT2D eigenvalue weighted by Crippen LogP contribution is -2.24. The summed E-state index contributed by atoms with van der Waals surface area (Å²) in [6.45, 7) is 1.57. The fourth-order valence-electron chi connectivity index (χ4n) is 1.48. The highest BCUT2D eigenvalue weighted by molar-refractivity contribution is 7.17. The number of halogens is 2. The van der Waals surface area contributed by atoms with Crippen LogP contribution in [0.2, 0.25) is 0 Å². The SMILES string of the molecule is CC(NCC(F)F)c1cnc2ccsc2c1. The molecule has 16 heavy (non-hydrogen) atoms. The molecule has 2 heterocycles. The van der Waals surface area contributed by atoms with Gasteiger partial charge in [-0.05, 0) is 30.0 Å². The monoisotopic (exact) mass is 242 g/mol. The van der Waals surface area contributed by atoms with Gasteiger partial charge in [-0.3, -0.25) is 4.98 Å². The van der Waals surface area contributed by atoms with Gasteiger partial charge in [0.1, 0.15) is 0 Å². The molecule has 2 nitrogen and oxygen atoms in total. The molecular weight excluding hydrogens is 230 g/mol. The molecule has 0 aliphatic rings. The number of fused-ring (bicyclic) bond motifs is 1. The van der Waals surface area contributed by atoms with Crippen LogP contribution in [0.1, 0.15) is 18.5 Å². The second-order valence-electron chi connectivity index (χ2n) is 3.59. The quantitative estimate of drug-likeness (QED) is 0.890. The third-order valence-electron chi connectivity index (χ3n) is 2.40. The number of thiophene rings is 1. The molecule has 0 saturated heterocycles. The maximum absolute atomic E-state index is 12.0. The van der Waals surface area contributed by atoms with Crippen molar-refractivity contribution in [3.05, 3.63) is 29.3 Å². The maximum atomic E-state index is 12.0. The van der Waals surface area contributed by atoms with Gasteiger partial charge in [0.25, 0.3) is 6.43 Å². The minimum Gasteiger partial charge on any atom is -0.305 e. The van der Waals surface area contributed by atoms with Crippen molar-refractivity contribution in [2.24, 2.45) is 0 Å². The zero-order valence-corrected chi connectivity index (χ0v) is 9.60. The van der Waals surface area contributed by atoms with Gasteiger partial charge in [0.2, 0.25) is 0 Å². The summed E-state index contributed by atoms with van der Waals surface area (Å²) < 4.78 is 25.2. The fourth-order valence-corrected chi connectivity index (χ4v) is 2.27. The van der Waals surface area contributed by atoms with E-state index in [2.05, 4.69) is 10.3 Å². The normalized spacial score (nSPS) is 13.5. The predicted molar refractivity (Wildman–Crippen MR) is 62.0 cm³/mol. The fraction of sp³-hybridized carbons (Fsp3) is 0.364. The summed E-state index contributed by atoms with van der Waals surface area (Å²) in [6.07, 6.45) is -0.584. The van der Waals surface area contributed by atoms with E-state index in [9.17, 15) is 8.78 Å². The highest BCUT2D eigenvalue weighted by Gasteiger charge is 2.09. The number of pyridine rings is 1. The van der Waals surface area contributed by atoms with E-state index in [1.807, 2.05) is 24.4 Å². The number of aromatic nitrogens is 1. The molecule has 0 aliphatic carbocycles. The average Bonchev–Trinajstić information content (AvgIpc) is 2.72. The largest absolute Gasteiger partial charge is 0.305 e. The van der Waals surface area contributed by atoms with Gasteiger partial charge in [-0.15, -0.1) is 11.3 Å². The third-order valence-corrected chi connectivity index (χ3v) is 3.26. The Kier molecular flexibility index (Phi) is 3.46. The van der Waals surface area contributed by atoms with E-state index in [0.717, 1.165) is 15.8 Å². The van der Waals surface area contributed by atoms with Crippen LogP contribution in [0.3, 0.4) is 0 Å². The third kappa shape index (κ3) is 2.54. The van der Waals surface area contributed by atoms with Gasteiger partial charge < -0.3 is 5.32 Å². The topological polar surface area (TPSA) is 24.9 Å². The first kappa shape index (κ1) is 11.4. The Morgan fingerprint density at radius 3 is 3.06 bits per heavy atom. The lowest BCUT2D eigenvalue weighted by atomic mass is 10.1. The van der Waals surface area contributed by atoms with Crippen molar-refractivity contribution in [1.82, 2.24) is 10.3 Å². The highest BCUT2D eigenvalue weighted by atomic mass is 32.1. The van der Waals surface area contributed by atoms with Crippen LogP contribution >= 0.6 is 11.3 Å². The number of hydrogen-bond donors (Lipinski definition) is 1. The van der Waals surface area contributed by atoms with E-state index in [4.69, 9.17) is 0 Å². The predicted octanol–water partition coefficient (Wildman–Crippen LogP) is 3.21. The van der Waals surface area contributed by atoms with E-state index >= 15 is 0 Å². The van der Waals surface area contributed by atoms with Crippen LogP contribution < -0.4 is 5.32 Å². The Hall–Kier alpha value is -1.07. The van der Waals surface area contributed by atoms with Gasteiger partial charge in [-0.25, -0.2) is 8.78 Å². The summed E-state index contributed by atoms with van der Waals surface area (Å²) >= 11 is 1.60. The Balaban J connectivity index is 2.12. The zero-order valence-electron chi connectivity index (χ0n) is 8.78. The average molecular weight is 242 g/mol. The molecule has 0 saturated carbocycles. The van der Waals surface area contributed by atoms with Gasteiger partial charge in [0.05, 0.1) is 16.8 Å². The molecule has 1 N–H and O–H groups in total. The minimum absolute atomic E-state index is 0.104. The van der Waals surface area contributed by atoms with Crippen LogP contribution in [0.4, 0.5) is 8.78 Å². The standard InChI is InChI=1S/C11H12F2N2S/c1-7(14-6-11(12)13)8-4-10-9(15-5-8)2-3-16-10/h2-5,7,11,14H,6H2,1H3. The van der Waals surface area contributed by atoms with Crippen LogP contribution in [0.5, 0.6) is 0 Å². The van der Waals surface area contributed by atoms with Crippen molar-refractivity contribution in [3.63, 3.8) is 0 Å². The Bertz CT molecular complexity index is 470. The van der Waals surface area contributed by atoms with Crippen molar-refractivity contribution in [2.75, 3.05) is 6.54 Å². The molecule has 2 aromatic heterocycles. The summed E-state index contributed by atoms with van der Waals surface area (Å²) in [6, 6.07) is 3.84. The maximum Gasteiger partial charge on any atom is 0.250 e. The van der Waals surface area contributed by atoms with Crippen molar-refractivity contribution in [3.8, 4) is 0 Å². The van der Waals surface area contributed by atoms with Crippen LogP contribution in [0.25, 0.3) is 10.2 Å². The molecule has 0 radical (unpaired) electrons. The van der Waals surface area contributed by atoms with Crippen molar-refractivity contribution in [1.29, 1.82) is 0 Å². The molecule has 2 rings (SSSR count). The summed E-state index contributed by atoms with van der Waals surface area (Å²) in [7, 11) is 0. The second-order valence-corrected chi connectivity index (χ2v) is 4.54. The van der Waals surface area contributed by atoms with Gasteiger partial charge in [0.15, 0.2) is 0 Å². The molecule has 1 atom stereocenters. The summed E-state index contributed by atoms with van der Waals surface area (Å²) in [4.78, 5) is 4.27. The van der Waals surface area contributed by atoms with E-state index in [-0.39, 0.29) is 12.6 Å². The number of rotatable bonds is 4. The van der Waals surface area contributed by atoms with Crippen LogP contribution in [-0.2, 0) is 0 Å². The first-order valence-electron chi connectivity index (χ1n) is 5.01. The van der Waals surface area contributed by atoms with E-state index in [1.54, 1.807) is 17.5 Å². The van der Waals surface area contributed by atoms with Crippen molar-refractivity contribution < 1.29 is 8.78 Å². The van der Waals surface area contributed by atoms with Gasteiger partial charge in [0, 0.05) is 12.2 Å². The number of nitrogens with one attached hydrogen (secondary N) is 1. The first-order valence-corrected chi connectivity index (χ1v) is 5.89. The van der Waals surface area contributed by atoms with E-state index in [0.29, 0.717) is 0 Å². The molecule has 2 aromatic rings.